The van der Waals surface area contributed by atoms with Crippen molar-refractivity contribution in [1.29, 1.82) is 0 Å². The van der Waals surface area contributed by atoms with Crippen molar-refractivity contribution in [2.75, 3.05) is 6.61 Å². The van der Waals surface area contributed by atoms with Crippen molar-refractivity contribution >= 4 is 11.9 Å². The van der Waals surface area contributed by atoms with Crippen molar-refractivity contribution < 1.29 is 23.8 Å². The van der Waals surface area contributed by atoms with Crippen molar-refractivity contribution in [2.24, 2.45) is 0 Å². The monoisotopic (exact) mass is 242 g/mol. The van der Waals surface area contributed by atoms with Crippen molar-refractivity contribution in [2.45, 2.75) is 46.1 Å². The first kappa shape index (κ1) is 13.5. The standard InChI is InChI=1S/C12H18O5/c1-4-7-15-12(14)17-11-9(6-3)16-8(5-2)10(11)13/h8H,4-7H2,1-3H3. The predicted molar refractivity (Wildman–Crippen MR) is 60.2 cm³/mol. The van der Waals surface area contributed by atoms with Crippen LogP contribution in [0.5, 0.6) is 0 Å². The van der Waals surface area contributed by atoms with Crippen LogP contribution < -0.4 is 0 Å². The number of rotatable bonds is 5. The van der Waals surface area contributed by atoms with Crippen LogP contribution in [0.4, 0.5) is 4.79 Å². The second-order valence-electron chi connectivity index (χ2n) is 3.69. The van der Waals surface area contributed by atoms with Gasteiger partial charge in [0.2, 0.25) is 11.5 Å². The van der Waals surface area contributed by atoms with Gasteiger partial charge in [-0.3, -0.25) is 4.79 Å². The normalized spacial score (nSPS) is 19.2. The molecule has 0 aromatic heterocycles. The van der Waals surface area contributed by atoms with E-state index in [1.165, 1.54) is 0 Å². The zero-order valence-corrected chi connectivity index (χ0v) is 10.4. The van der Waals surface area contributed by atoms with Gasteiger partial charge >= 0.3 is 6.16 Å². The molecule has 0 radical (unpaired) electrons. The van der Waals surface area contributed by atoms with Gasteiger partial charge in [0.1, 0.15) is 5.76 Å². The number of hydrogen-bond acceptors (Lipinski definition) is 5. The average Bonchev–Trinajstić information content (AvgIpc) is 2.63. The zero-order chi connectivity index (χ0) is 12.8. The van der Waals surface area contributed by atoms with Crippen LogP contribution in [-0.4, -0.2) is 24.6 Å². The van der Waals surface area contributed by atoms with Crippen molar-refractivity contribution in [1.82, 2.24) is 0 Å². The second-order valence-corrected chi connectivity index (χ2v) is 3.69. The molecule has 0 spiro atoms. The van der Waals surface area contributed by atoms with Crippen LogP contribution in [-0.2, 0) is 19.0 Å². The highest BCUT2D eigenvalue weighted by Crippen LogP contribution is 2.27. The molecule has 0 aliphatic carbocycles. The van der Waals surface area contributed by atoms with E-state index < -0.39 is 12.3 Å². The summed E-state index contributed by atoms with van der Waals surface area (Å²) in [5.41, 5.74) is 0. The maximum absolute atomic E-state index is 11.8. The lowest BCUT2D eigenvalue weighted by atomic mass is 10.2. The molecule has 5 heteroatoms. The number of Topliss-reactive ketones (excluding diaryl/α,β-unsaturated/α-hetero) is 1. The van der Waals surface area contributed by atoms with Gasteiger partial charge in [0.15, 0.2) is 6.10 Å². The molecule has 0 fully saturated rings. The molecule has 17 heavy (non-hydrogen) atoms. The first-order chi connectivity index (χ1) is 8.13. The number of ether oxygens (including phenoxy) is 3. The first-order valence-corrected chi connectivity index (χ1v) is 5.92. The Morgan fingerprint density at radius 1 is 1.35 bits per heavy atom. The molecule has 1 atom stereocenters. The average molecular weight is 242 g/mol. The van der Waals surface area contributed by atoms with E-state index in [2.05, 4.69) is 0 Å². The molecule has 0 N–H and O–H groups in total. The minimum absolute atomic E-state index is 0.000420. The molecule has 1 aliphatic rings. The van der Waals surface area contributed by atoms with Crippen LogP contribution in [0.2, 0.25) is 0 Å². The van der Waals surface area contributed by atoms with E-state index in [-0.39, 0.29) is 18.1 Å². The van der Waals surface area contributed by atoms with Crippen molar-refractivity contribution in [3.8, 4) is 0 Å². The number of ketones is 1. The third-order valence-electron chi connectivity index (χ3n) is 2.36. The summed E-state index contributed by atoms with van der Waals surface area (Å²) in [4.78, 5) is 23.1. The molecule has 0 saturated heterocycles. The summed E-state index contributed by atoms with van der Waals surface area (Å²) < 4.78 is 15.1. The summed E-state index contributed by atoms with van der Waals surface area (Å²) in [6, 6.07) is 0. The van der Waals surface area contributed by atoms with E-state index in [1.54, 1.807) is 0 Å². The summed E-state index contributed by atoms with van der Waals surface area (Å²) >= 11 is 0. The fourth-order valence-electron chi connectivity index (χ4n) is 1.48. The maximum Gasteiger partial charge on any atom is 0.514 e. The van der Waals surface area contributed by atoms with Crippen LogP contribution in [0.3, 0.4) is 0 Å². The number of hydrogen-bond donors (Lipinski definition) is 0. The van der Waals surface area contributed by atoms with E-state index in [0.29, 0.717) is 25.0 Å². The van der Waals surface area contributed by atoms with Gasteiger partial charge in [-0.15, -0.1) is 0 Å². The van der Waals surface area contributed by atoms with Crippen molar-refractivity contribution in [3.05, 3.63) is 11.5 Å². The molecule has 1 unspecified atom stereocenters. The number of allylic oxidation sites excluding steroid dienone is 1. The van der Waals surface area contributed by atoms with Gasteiger partial charge in [0.25, 0.3) is 0 Å². The zero-order valence-electron chi connectivity index (χ0n) is 10.4. The Morgan fingerprint density at radius 3 is 2.59 bits per heavy atom. The Kier molecular flexibility index (Phi) is 5.00. The molecule has 0 amide bonds. The SMILES string of the molecule is CCCOC(=O)OC1=C(CC)OC(CC)C1=O. The van der Waals surface area contributed by atoms with Gasteiger partial charge in [-0.05, 0) is 12.8 Å². The highest BCUT2D eigenvalue weighted by atomic mass is 16.7. The molecule has 5 nitrogen and oxygen atoms in total. The van der Waals surface area contributed by atoms with E-state index in [9.17, 15) is 9.59 Å². The Bertz CT molecular complexity index is 332. The van der Waals surface area contributed by atoms with Crippen LogP contribution in [0.25, 0.3) is 0 Å². The summed E-state index contributed by atoms with van der Waals surface area (Å²) in [5, 5.41) is 0. The van der Waals surface area contributed by atoms with Gasteiger partial charge in [-0.2, -0.15) is 0 Å². The quantitative estimate of drug-likeness (QED) is 0.693. The smallest absolute Gasteiger partial charge is 0.482 e. The van der Waals surface area contributed by atoms with Crippen LogP contribution >= 0.6 is 0 Å². The molecule has 0 aromatic carbocycles. The molecule has 96 valence electrons. The van der Waals surface area contributed by atoms with Gasteiger partial charge in [0, 0.05) is 6.42 Å². The molecule has 1 heterocycles. The molecular formula is C12H18O5. The molecule has 0 bridgehead atoms. The predicted octanol–water partition coefficient (Wildman–Crippen LogP) is 2.55. The second kappa shape index (κ2) is 6.27. The lowest BCUT2D eigenvalue weighted by molar-refractivity contribution is -0.123. The molecule has 0 aromatic rings. The fraction of sp³-hybridized carbons (Fsp3) is 0.667. The van der Waals surface area contributed by atoms with E-state index in [4.69, 9.17) is 14.2 Å². The molecular weight excluding hydrogens is 224 g/mol. The lowest BCUT2D eigenvalue weighted by Crippen LogP contribution is -2.19. The topological polar surface area (TPSA) is 61.8 Å². The summed E-state index contributed by atoms with van der Waals surface area (Å²) in [6.07, 6.45) is 0.398. The van der Waals surface area contributed by atoms with Crippen LogP contribution in [0.15, 0.2) is 11.5 Å². The fourth-order valence-corrected chi connectivity index (χ4v) is 1.48. The summed E-state index contributed by atoms with van der Waals surface area (Å²) in [5.74, 6) is 0.147. The van der Waals surface area contributed by atoms with E-state index in [0.717, 1.165) is 0 Å². The minimum Gasteiger partial charge on any atom is -0.482 e. The Hall–Kier alpha value is -1.52. The number of carbonyl (C=O) groups is 2. The summed E-state index contributed by atoms with van der Waals surface area (Å²) in [6.45, 7) is 5.83. The van der Waals surface area contributed by atoms with Gasteiger partial charge in [-0.1, -0.05) is 20.8 Å². The Morgan fingerprint density at radius 2 is 2.06 bits per heavy atom. The van der Waals surface area contributed by atoms with E-state index in [1.807, 2.05) is 20.8 Å². The Balaban J connectivity index is 2.66. The largest absolute Gasteiger partial charge is 0.514 e. The lowest BCUT2D eigenvalue weighted by Gasteiger charge is -2.05. The van der Waals surface area contributed by atoms with Gasteiger partial charge in [0.05, 0.1) is 6.61 Å². The van der Waals surface area contributed by atoms with Crippen molar-refractivity contribution in [3.63, 3.8) is 0 Å². The highest BCUT2D eigenvalue weighted by Gasteiger charge is 2.36. The highest BCUT2D eigenvalue weighted by molar-refractivity contribution is 6.00. The first-order valence-electron chi connectivity index (χ1n) is 5.92. The van der Waals surface area contributed by atoms with E-state index >= 15 is 0 Å². The third-order valence-corrected chi connectivity index (χ3v) is 2.36. The number of carbonyl (C=O) groups excluding carboxylic acids is 2. The van der Waals surface area contributed by atoms with Gasteiger partial charge in [-0.25, -0.2) is 4.79 Å². The van der Waals surface area contributed by atoms with Crippen LogP contribution in [0.1, 0.15) is 40.0 Å². The molecule has 1 aliphatic heterocycles. The summed E-state index contributed by atoms with van der Waals surface area (Å²) in [7, 11) is 0. The maximum atomic E-state index is 11.8. The molecule has 1 rings (SSSR count). The van der Waals surface area contributed by atoms with Crippen LogP contribution in [0, 0.1) is 0 Å². The third kappa shape index (κ3) is 3.22. The minimum atomic E-state index is -0.846. The van der Waals surface area contributed by atoms with Gasteiger partial charge < -0.3 is 14.2 Å². The Labute approximate surface area is 101 Å². The molecule has 0 saturated carbocycles.